The van der Waals surface area contributed by atoms with Crippen LogP contribution in [0.15, 0.2) is 11.0 Å². The third-order valence-electron chi connectivity index (χ3n) is 1.96. The number of nitrogens with two attached hydrogens (primary N) is 2. The number of thioether (sulfide) groups is 1. The Labute approximate surface area is 98.2 Å². The van der Waals surface area contributed by atoms with Gasteiger partial charge in [0.1, 0.15) is 5.02 Å². The number of benzene rings is 1. The lowest BCUT2D eigenvalue weighted by molar-refractivity contribution is 0.604. The van der Waals surface area contributed by atoms with E-state index in [1.54, 1.807) is 0 Å². The number of halogens is 2. The molecule has 0 spiro atoms. The highest BCUT2D eigenvalue weighted by Gasteiger charge is 2.14. The van der Waals surface area contributed by atoms with Crippen LogP contribution < -0.4 is 11.5 Å². The lowest BCUT2D eigenvalue weighted by Crippen LogP contribution is -1.98. The molecule has 0 heterocycles. The third kappa shape index (κ3) is 2.92. The fourth-order valence-electron chi connectivity index (χ4n) is 1.11. The van der Waals surface area contributed by atoms with Gasteiger partial charge in [-0.3, -0.25) is 0 Å². The highest BCUT2D eigenvalue weighted by Crippen LogP contribution is 2.36. The summed E-state index contributed by atoms with van der Waals surface area (Å²) in [6.07, 6.45) is 2.09. The van der Waals surface area contributed by atoms with Crippen LogP contribution in [0, 0.1) is 5.82 Å². The summed E-state index contributed by atoms with van der Waals surface area (Å²) >= 11 is 7.08. The molecule has 0 aliphatic carbocycles. The van der Waals surface area contributed by atoms with Crippen molar-refractivity contribution in [3.8, 4) is 0 Å². The minimum atomic E-state index is -0.504. The van der Waals surface area contributed by atoms with E-state index in [4.69, 9.17) is 23.1 Å². The van der Waals surface area contributed by atoms with Crippen LogP contribution in [0.1, 0.15) is 19.8 Å². The summed E-state index contributed by atoms with van der Waals surface area (Å²) in [5.41, 5.74) is 11.7. The van der Waals surface area contributed by atoms with E-state index in [2.05, 4.69) is 6.92 Å². The van der Waals surface area contributed by atoms with E-state index in [-0.39, 0.29) is 10.7 Å². The van der Waals surface area contributed by atoms with Crippen LogP contribution in [-0.2, 0) is 0 Å². The molecule has 0 aliphatic heterocycles. The van der Waals surface area contributed by atoms with Crippen molar-refractivity contribution in [3.05, 3.63) is 16.9 Å². The maximum atomic E-state index is 13.6. The molecule has 4 N–H and O–H groups in total. The molecule has 84 valence electrons. The number of hydrogen-bond donors (Lipinski definition) is 2. The van der Waals surface area contributed by atoms with Crippen molar-refractivity contribution >= 4 is 34.7 Å². The minimum absolute atomic E-state index is 0.0387. The number of hydrogen-bond acceptors (Lipinski definition) is 3. The summed E-state index contributed by atoms with van der Waals surface area (Å²) in [4.78, 5) is 0.405. The van der Waals surface area contributed by atoms with E-state index >= 15 is 0 Å². The molecule has 1 aromatic rings. The van der Waals surface area contributed by atoms with Gasteiger partial charge in [0, 0.05) is 0 Å². The van der Waals surface area contributed by atoms with Gasteiger partial charge in [0.2, 0.25) is 0 Å². The van der Waals surface area contributed by atoms with Crippen LogP contribution in [-0.4, -0.2) is 5.75 Å². The van der Waals surface area contributed by atoms with Gasteiger partial charge in [-0.2, -0.15) is 0 Å². The van der Waals surface area contributed by atoms with Gasteiger partial charge in [-0.05, 0) is 18.2 Å². The van der Waals surface area contributed by atoms with Crippen LogP contribution >= 0.6 is 23.4 Å². The van der Waals surface area contributed by atoms with Gasteiger partial charge in [0.25, 0.3) is 0 Å². The molecule has 15 heavy (non-hydrogen) atoms. The van der Waals surface area contributed by atoms with Crippen LogP contribution in [0.2, 0.25) is 5.02 Å². The lowest BCUT2D eigenvalue weighted by atomic mass is 10.3. The number of anilines is 2. The first-order valence-corrected chi connectivity index (χ1v) is 6.10. The summed E-state index contributed by atoms with van der Waals surface area (Å²) < 4.78 is 13.6. The van der Waals surface area contributed by atoms with Gasteiger partial charge in [-0.15, -0.1) is 11.8 Å². The molecule has 5 heteroatoms. The normalized spacial score (nSPS) is 10.6. The second kappa shape index (κ2) is 5.47. The Morgan fingerprint density at radius 3 is 2.67 bits per heavy atom. The zero-order valence-corrected chi connectivity index (χ0v) is 10.1. The molecule has 1 rings (SSSR count). The first-order chi connectivity index (χ1) is 7.07. The highest BCUT2D eigenvalue weighted by molar-refractivity contribution is 7.99. The van der Waals surface area contributed by atoms with Gasteiger partial charge in [-0.25, -0.2) is 4.39 Å². The van der Waals surface area contributed by atoms with E-state index in [0.29, 0.717) is 10.6 Å². The Bertz CT molecular complexity index is 358. The van der Waals surface area contributed by atoms with Crippen LogP contribution in [0.25, 0.3) is 0 Å². The van der Waals surface area contributed by atoms with Crippen molar-refractivity contribution in [2.75, 3.05) is 17.2 Å². The monoisotopic (exact) mass is 248 g/mol. The zero-order valence-electron chi connectivity index (χ0n) is 8.52. The molecule has 2 nitrogen and oxygen atoms in total. The molecule has 0 aliphatic rings. The Morgan fingerprint density at radius 2 is 2.07 bits per heavy atom. The van der Waals surface area contributed by atoms with Crippen LogP contribution in [0.4, 0.5) is 15.8 Å². The maximum absolute atomic E-state index is 13.6. The summed E-state index contributed by atoms with van der Waals surface area (Å²) in [6.45, 7) is 2.08. The van der Waals surface area contributed by atoms with Crippen LogP contribution in [0.5, 0.6) is 0 Å². The predicted octanol–water partition coefficient (Wildman–Crippen LogP) is 3.54. The first-order valence-electron chi connectivity index (χ1n) is 4.73. The largest absolute Gasteiger partial charge is 0.398 e. The number of rotatable bonds is 4. The second-order valence-corrected chi connectivity index (χ2v) is 4.70. The van der Waals surface area contributed by atoms with Gasteiger partial charge < -0.3 is 11.5 Å². The van der Waals surface area contributed by atoms with E-state index in [9.17, 15) is 4.39 Å². The van der Waals surface area contributed by atoms with Crippen molar-refractivity contribution in [2.24, 2.45) is 0 Å². The zero-order chi connectivity index (χ0) is 11.4. The van der Waals surface area contributed by atoms with E-state index in [1.165, 1.54) is 17.8 Å². The Morgan fingerprint density at radius 1 is 1.40 bits per heavy atom. The maximum Gasteiger partial charge on any atom is 0.159 e. The van der Waals surface area contributed by atoms with Crippen LogP contribution in [0.3, 0.4) is 0 Å². The van der Waals surface area contributed by atoms with Crippen molar-refractivity contribution < 1.29 is 4.39 Å². The molecule has 0 amide bonds. The Hall–Kier alpha value is -0.610. The summed E-state index contributed by atoms with van der Waals surface area (Å²) in [5.74, 6) is 0.327. The van der Waals surface area contributed by atoms with Gasteiger partial charge in [0.05, 0.1) is 16.3 Å². The van der Waals surface area contributed by atoms with E-state index in [1.807, 2.05) is 0 Å². The summed E-state index contributed by atoms with van der Waals surface area (Å²) in [5, 5.41) is -0.0387. The summed E-state index contributed by atoms with van der Waals surface area (Å²) in [6, 6.07) is 1.50. The molecule has 0 atom stereocenters. The molecular formula is C10H14ClFN2S. The van der Waals surface area contributed by atoms with Crippen molar-refractivity contribution in [3.63, 3.8) is 0 Å². The SMILES string of the molecule is CCCCSc1c(N)cc(N)c(Cl)c1F. The first kappa shape index (κ1) is 12.5. The lowest BCUT2D eigenvalue weighted by Gasteiger charge is -2.09. The second-order valence-electron chi connectivity index (χ2n) is 3.21. The number of unbranched alkanes of at least 4 members (excludes halogenated alkanes) is 1. The summed E-state index contributed by atoms with van der Waals surface area (Å²) in [7, 11) is 0. The molecule has 0 aromatic heterocycles. The predicted molar refractivity (Wildman–Crippen MR) is 65.9 cm³/mol. The average molecular weight is 249 g/mol. The molecule has 0 unspecified atom stereocenters. The van der Waals surface area contributed by atoms with Crippen molar-refractivity contribution in [1.29, 1.82) is 0 Å². The third-order valence-corrected chi connectivity index (χ3v) is 3.54. The number of nitrogen functional groups attached to an aromatic ring is 2. The fraction of sp³-hybridized carbons (Fsp3) is 0.400. The fourth-order valence-corrected chi connectivity index (χ4v) is 2.41. The molecule has 0 saturated heterocycles. The molecule has 0 fully saturated rings. The van der Waals surface area contributed by atoms with Crippen molar-refractivity contribution in [2.45, 2.75) is 24.7 Å². The minimum Gasteiger partial charge on any atom is -0.398 e. The van der Waals surface area contributed by atoms with E-state index < -0.39 is 5.82 Å². The van der Waals surface area contributed by atoms with Gasteiger partial charge in [-0.1, -0.05) is 24.9 Å². The molecular weight excluding hydrogens is 235 g/mol. The Kier molecular flexibility index (Phi) is 4.54. The van der Waals surface area contributed by atoms with Crippen molar-refractivity contribution in [1.82, 2.24) is 0 Å². The Balaban J connectivity index is 2.92. The molecule has 0 radical (unpaired) electrons. The van der Waals surface area contributed by atoms with Gasteiger partial charge >= 0.3 is 0 Å². The average Bonchev–Trinajstić information content (AvgIpc) is 2.20. The molecule has 0 saturated carbocycles. The molecule has 0 bridgehead atoms. The topological polar surface area (TPSA) is 52.0 Å². The standard InChI is InChI=1S/C10H14ClFN2S/c1-2-3-4-15-10-7(14)5-6(13)8(11)9(10)12/h5H,2-4,13-14H2,1H3. The smallest absolute Gasteiger partial charge is 0.159 e. The highest BCUT2D eigenvalue weighted by atomic mass is 35.5. The quantitative estimate of drug-likeness (QED) is 0.487. The van der Waals surface area contributed by atoms with E-state index in [0.717, 1.165) is 18.6 Å². The van der Waals surface area contributed by atoms with Gasteiger partial charge in [0.15, 0.2) is 5.82 Å². The molecule has 1 aromatic carbocycles.